The largest absolute Gasteiger partial charge is 0.497 e. The standard InChI is InChI=1S/C26H25ClN2O5/c1-29-23-13-20(32-2)10-11-22(23)28-25(29)16-33-21-9-5-18(6-12-26(30)31)24(14-21)34-15-17-3-7-19(27)8-4-17/h3-5,7-11,13-14H,6,12,15-16H2,1-2H3,(H,30,31). The summed E-state index contributed by atoms with van der Waals surface area (Å²) in [5.74, 6) is 1.87. The first-order valence-corrected chi connectivity index (χ1v) is 11.1. The van der Waals surface area contributed by atoms with E-state index in [1.165, 1.54) is 0 Å². The molecule has 0 aliphatic heterocycles. The van der Waals surface area contributed by atoms with Gasteiger partial charge in [0.1, 0.15) is 36.3 Å². The van der Waals surface area contributed by atoms with Crippen molar-refractivity contribution in [2.75, 3.05) is 7.11 Å². The molecule has 0 atom stereocenters. The van der Waals surface area contributed by atoms with Gasteiger partial charge in [0.25, 0.3) is 0 Å². The summed E-state index contributed by atoms with van der Waals surface area (Å²) in [4.78, 5) is 15.7. The Morgan fingerprint density at radius 3 is 2.50 bits per heavy atom. The third-order valence-corrected chi connectivity index (χ3v) is 5.75. The van der Waals surface area contributed by atoms with E-state index in [-0.39, 0.29) is 13.0 Å². The summed E-state index contributed by atoms with van der Waals surface area (Å²) in [7, 11) is 3.57. The zero-order valence-electron chi connectivity index (χ0n) is 19.0. The Morgan fingerprint density at radius 2 is 1.76 bits per heavy atom. The number of nitrogens with zero attached hydrogens (tertiary/aromatic N) is 2. The molecule has 0 unspecified atom stereocenters. The van der Waals surface area contributed by atoms with Crippen LogP contribution in [0.25, 0.3) is 11.0 Å². The average molecular weight is 481 g/mol. The van der Waals surface area contributed by atoms with Gasteiger partial charge in [-0.2, -0.15) is 0 Å². The third-order valence-electron chi connectivity index (χ3n) is 5.50. The normalized spacial score (nSPS) is 10.9. The summed E-state index contributed by atoms with van der Waals surface area (Å²) in [5, 5.41) is 9.74. The molecule has 0 saturated heterocycles. The Hall–Kier alpha value is -3.71. The molecule has 0 saturated carbocycles. The van der Waals surface area contributed by atoms with Gasteiger partial charge in [0, 0.05) is 30.6 Å². The van der Waals surface area contributed by atoms with Crippen LogP contribution in [0, 0.1) is 0 Å². The van der Waals surface area contributed by atoms with E-state index in [1.54, 1.807) is 25.3 Å². The zero-order chi connectivity index (χ0) is 24.1. The van der Waals surface area contributed by atoms with Crippen LogP contribution in [0.15, 0.2) is 60.7 Å². The molecule has 34 heavy (non-hydrogen) atoms. The van der Waals surface area contributed by atoms with E-state index in [0.29, 0.717) is 29.5 Å². The first kappa shape index (κ1) is 23.4. The number of halogens is 1. The number of fused-ring (bicyclic) bond motifs is 1. The first-order valence-electron chi connectivity index (χ1n) is 10.8. The third kappa shape index (κ3) is 5.61. The van der Waals surface area contributed by atoms with Gasteiger partial charge >= 0.3 is 5.97 Å². The fourth-order valence-electron chi connectivity index (χ4n) is 3.57. The number of ether oxygens (including phenoxy) is 3. The molecule has 1 heterocycles. The monoisotopic (exact) mass is 480 g/mol. The summed E-state index contributed by atoms with van der Waals surface area (Å²) < 4.78 is 19.3. The SMILES string of the molecule is COc1ccc2nc(COc3ccc(CCC(=O)O)c(OCc4ccc(Cl)cc4)c3)n(C)c2c1. The molecule has 0 spiro atoms. The van der Waals surface area contributed by atoms with Crippen LogP contribution in [0.3, 0.4) is 0 Å². The van der Waals surface area contributed by atoms with Gasteiger partial charge in [-0.15, -0.1) is 0 Å². The molecular weight excluding hydrogens is 456 g/mol. The number of carboxylic acids is 1. The highest BCUT2D eigenvalue weighted by Gasteiger charge is 2.12. The van der Waals surface area contributed by atoms with Crippen molar-refractivity contribution in [2.24, 2.45) is 7.05 Å². The molecule has 176 valence electrons. The number of aliphatic carboxylic acids is 1. The molecule has 0 amide bonds. The number of carbonyl (C=O) groups is 1. The van der Waals surface area contributed by atoms with Crippen LogP contribution in [-0.2, 0) is 31.5 Å². The number of hydrogen-bond acceptors (Lipinski definition) is 5. The number of benzene rings is 3. The predicted molar refractivity (Wildman–Crippen MR) is 130 cm³/mol. The van der Waals surface area contributed by atoms with Crippen molar-refractivity contribution in [3.63, 3.8) is 0 Å². The minimum absolute atomic E-state index is 0.0147. The Labute approximate surface area is 202 Å². The Bertz CT molecular complexity index is 1300. The van der Waals surface area contributed by atoms with Gasteiger partial charge in [-0.1, -0.05) is 29.8 Å². The van der Waals surface area contributed by atoms with Crippen LogP contribution in [0.4, 0.5) is 0 Å². The van der Waals surface area contributed by atoms with Crippen molar-refractivity contribution >= 4 is 28.6 Å². The summed E-state index contributed by atoms with van der Waals surface area (Å²) in [6.07, 6.45) is 0.374. The topological polar surface area (TPSA) is 82.8 Å². The van der Waals surface area contributed by atoms with Gasteiger partial charge in [-0.05, 0) is 47.9 Å². The lowest BCUT2D eigenvalue weighted by Crippen LogP contribution is -2.05. The lowest BCUT2D eigenvalue weighted by molar-refractivity contribution is -0.136. The number of carboxylic acid groups (broad SMARTS) is 1. The molecule has 0 fully saturated rings. The summed E-state index contributed by atoms with van der Waals surface area (Å²) in [5.41, 5.74) is 3.57. The Kier molecular flexibility index (Phi) is 7.23. The predicted octanol–water partition coefficient (Wildman–Crippen LogP) is 5.41. The second-order valence-corrected chi connectivity index (χ2v) is 8.25. The molecular formula is C26H25ClN2O5. The maximum absolute atomic E-state index is 11.1. The van der Waals surface area contributed by atoms with Gasteiger partial charge in [-0.25, -0.2) is 4.98 Å². The minimum atomic E-state index is -0.859. The van der Waals surface area contributed by atoms with Crippen LogP contribution in [-0.4, -0.2) is 27.7 Å². The number of imidazole rings is 1. The van der Waals surface area contributed by atoms with Crippen molar-refractivity contribution in [2.45, 2.75) is 26.1 Å². The molecule has 1 aromatic heterocycles. The fourth-order valence-corrected chi connectivity index (χ4v) is 3.70. The number of aromatic nitrogens is 2. The minimum Gasteiger partial charge on any atom is -0.497 e. The quantitative estimate of drug-likeness (QED) is 0.327. The molecule has 0 radical (unpaired) electrons. The number of aryl methyl sites for hydroxylation is 2. The molecule has 1 N–H and O–H groups in total. The second-order valence-electron chi connectivity index (χ2n) is 7.81. The van der Waals surface area contributed by atoms with E-state index in [4.69, 9.17) is 30.9 Å². The maximum atomic E-state index is 11.1. The Balaban J connectivity index is 1.51. The van der Waals surface area contributed by atoms with Gasteiger partial charge < -0.3 is 23.9 Å². The number of hydrogen-bond donors (Lipinski definition) is 1. The number of rotatable bonds is 10. The molecule has 4 aromatic rings. The van der Waals surface area contributed by atoms with Gasteiger partial charge in [0.15, 0.2) is 0 Å². The van der Waals surface area contributed by atoms with E-state index >= 15 is 0 Å². The van der Waals surface area contributed by atoms with E-state index in [2.05, 4.69) is 4.98 Å². The van der Waals surface area contributed by atoms with E-state index < -0.39 is 5.97 Å². The lowest BCUT2D eigenvalue weighted by atomic mass is 10.1. The van der Waals surface area contributed by atoms with E-state index in [0.717, 1.165) is 33.7 Å². The van der Waals surface area contributed by atoms with Gasteiger partial charge in [0.05, 0.1) is 18.1 Å². The van der Waals surface area contributed by atoms with Crippen LogP contribution < -0.4 is 14.2 Å². The number of methoxy groups -OCH3 is 1. The average Bonchev–Trinajstić information content (AvgIpc) is 3.16. The molecule has 3 aromatic carbocycles. The van der Waals surface area contributed by atoms with Crippen LogP contribution >= 0.6 is 11.6 Å². The van der Waals surface area contributed by atoms with Crippen molar-refractivity contribution in [1.29, 1.82) is 0 Å². The zero-order valence-corrected chi connectivity index (χ0v) is 19.7. The van der Waals surface area contributed by atoms with Gasteiger partial charge in [-0.3, -0.25) is 4.79 Å². The first-order chi connectivity index (χ1) is 16.4. The lowest BCUT2D eigenvalue weighted by Gasteiger charge is -2.14. The molecule has 0 bridgehead atoms. The smallest absolute Gasteiger partial charge is 0.303 e. The highest BCUT2D eigenvalue weighted by Crippen LogP contribution is 2.28. The van der Waals surface area contributed by atoms with Crippen molar-refractivity contribution in [3.05, 3.63) is 82.6 Å². The molecule has 8 heteroatoms. The Morgan fingerprint density at radius 1 is 1.00 bits per heavy atom. The summed E-state index contributed by atoms with van der Waals surface area (Å²) >= 11 is 5.96. The van der Waals surface area contributed by atoms with Crippen molar-refractivity contribution in [3.8, 4) is 17.2 Å². The molecule has 7 nitrogen and oxygen atoms in total. The molecule has 4 rings (SSSR count). The van der Waals surface area contributed by atoms with Crippen molar-refractivity contribution in [1.82, 2.24) is 9.55 Å². The second kappa shape index (κ2) is 10.5. The molecule has 0 aliphatic carbocycles. The van der Waals surface area contributed by atoms with E-state index in [9.17, 15) is 4.79 Å². The molecule has 0 aliphatic rings. The van der Waals surface area contributed by atoms with Crippen molar-refractivity contribution < 1.29 is 24.1 Å². The highest BCUT2D eigenvalue weighted by atomic mass is 35.5. The maximum Gasteiger partial charge on any atom is 0.303 e. The van der Waals surface area contributed by atoms with Crippen LogP contribution in [0.5, 0.6) is 17.2 Å². The van der Waals surface area contributed by atoms with Crippen LogP contribution in [0.2, 0.25) is 5.02 Å². The fraction of sp³-hybridized carbons (Fsp3) is 0.231. The van der Waals surface area contributed by atoms with Gasteiger partial charge in [0.2, 0.25) is 0 Å². The van der Waals surface area contributed by atoms with E-state index in [1.807, 2.05) is 54.1 Å². The summed E-state index contributed by atoms with van der Waals surface area (Å²) in [6, 6.07) is 18.6. The highest BCUT2D eigenvalue weighted by molar-refractivity contribution is 6.30. The summed E-state index contributed by atoms with van der Waals surface area (Å²) in [6.45, 7) is 0.589. The van der Waals surface area contributed by atoms with Crippen LogP contribution in [0.1, 0.15) is 23.4 Å².